The number of nitrogens with zero attached hydrogens (tertiary/aromatic N) is 4. The Kier molecular flexibility index (Phi) is 4.76. The predicted octanol–water partition coefficient (Wildman–Crippen LogP) is 0.792. The first-order valence-electron chi connectivity index (χ1n) is 7.61. The predicted molar refractivity (Wildman–Crippen MR) is 92.2 cm³/mol. The van der Waals surface area contributed by atoms with Crippen LogP contribution >= 0.6 is 0 Å². The summed E-state index contributed by atoms with van der Waals surface area (Å²) in [5, 5.41) is 10.6. The van der Waals surface area contributed by atoms with Gasteiger partial charge in [0.15, 0.2) is 5.69 Å². The number of aryl methyl sites for hydroxylation is 1. The maximum Gasteiger partial charge on any atom is 0.282 e. The van der Waals surface area contributed by atoms with Crippen LogP contribution in [0, 0.1) is 0 Å². The Labute approximate surface area is 150 Å². The number of methoxy groups -OCH3 is 1. The molecule has 10 heteroatoms. The smallest absolute Gasteiger partial charge is 0.282 e. The molecular weight excluding hydrogens is 358 g/mol. The standard InChI is InChI=1S/C16H17N5O4S/c1-20-11-12(10-18-20)9-17-16(22)15-7-8-21(19-15)26(23,24)14-5-3-13(25-2)4-6-14/h3-8,10-11H,9H2,1-2H3,(H,17,22). The fourth-order valence-corrected chi connectivity index (χ4v) is 3.37. The van der Waals surface area contributed by atoms with Crippen LogP contribution in [-0.2, 0) is 23.6 Å². The van der Waals surface area contributed by atoms with E-state index in [4.69, 9.17) is 4.74 Å². The number of rotatable bonds is 6. The summed E-state index contributed by atoms with van der Waals surface area (Å²) in [6, 6.07) is 7.26. The first kappa shape index (κ1) is 17.7. The van der Waals surface area contributed by atoms with Crippen LogP contribution in [0.3, 0.4) is 0 Å². The highest BCUT2D eigenvalue weighted by Crippen LogP contribution is 2.17. The Hall–Kier alpha value is -3.14. The average molecular weight is 375 g/mol. The molecule has 0 unspecified atom stereocenters. The van der Waals surface area contributed by atoms with E-state index in [-0.39, 0.29) is 17.1 Å². The minimum atomic E-state index is -3.88. The lowest BCUT2D eigenvalue weighted by Crippen LogP contribution is -2.24. The molecule has 0 aliphatic carbocycles. The molecule has 2 aromatic heterocycles. The van der Waals surface area contributed by atoms with Crippen molar-refractivity contribution >= 4 is 15.9 Å². The Bertz CT molecular complexity index is 1020. The molecule has 0 radical (unpaired) electrons. The van der Waals surface area contributed by atoms with Crippen LogP contribution in [0.1, 0.15) is 16.1 Å². The van der Waals surface area contributed by atoms with Crippen LogP contribution in [0.2, 0.25) is 0 Å². The largest absolute Gasteiger partial charge is 0.497 e. The van der Waals surface area contributed by atoms with Crippen molar-refractivity contribution in [2.75, 3.05) is 7.11 Å². The number of hydrogen-bond donors (Lipinski definition) is 1. The van der Waals surface area contributed by atoms with Crippen molar-refractivity contribution in [1.82, 2.24) is 24.3 Å². The van der Waals surface area contributed by atoms with Crippen molar-refractivity contribution < 1.29 is 17.9 Å². The summed E-state index contributed by atoms with van der Waals surface area (Å²) in [5.74, 6) is 0.0671. The van der Waals surface area contributed by atoms with E-state index in [1.54, 1.807) is 24.1 Å². The topological polar surface area (TPSA) is 108 Å². The van der Waals surface area contributed by atoms with Crippen molar-refractivity contribution in [3.8, 4) is 5.75 Å². The lowest BCUT2D eigenvalue weighted by atomic mass is 10.3. The molecule has 1 aromatic carbocycles. The molecule has 0 aliphatic rings. The van der Waals surface area contributed by atoms with Gasteiger partial charge >= 0.3 is 0 Å². The molecule has 0 atom stereocenters. The third-order valence-electron chi connectivity index (χ3n) is 3.61. The third-order valence-corrected chi connectivity index (χ3v) is 5.18. The van der Waals surface area contributed by atoms with Gasteiger partial charge < -0.3 is 10.1 Å². The molecular formula is C16H17N5O4S. The molecule has 9 nitrogen and oxygen atoms in total. The molecule has 0 saturated carbocycles. The fraction of sp³-hybridized carbons (Fsp3) is 0.188. The molecule has 0 bridgehead atoms. The molecule has 0 fully saturated rings. The zero-order chi connectivity index (χ0) is 18.7. The van der Waals surface area contributed by atoms with Crippen LogP contribution in [0.5, 0.6) is 5.75 Å². The summed E-state index contributed by atoms with van der Waals surface area (Å²) < 4.78 is 32.5. The minimum absolute atomic E-state index is 0.00553. The summed E-state index contributed by atoms with van der Waals surface area (Å²) in [7, 11) is -0.615. The molecule has 3 aromatic rings. The van der Waals surface area contributed by atoms with Crippen molar-refractivity contribution in [3.63, 3.8) is 0 Å². The number of hydrogen-bond acceptors (Lipinski definition) is 6. The molecule has 0 aliphatic heterocycles. The van der Waals surface area contributed by atoms with E-state index in [1.807, 2.05) is 0 Å². The highest BCUT2D eigenvalue weighted by atomic mass is 32.2. The van der Waals surface area contributed by atoms with Gasteiger partial charge in [0.2, 0.25) is 0 Å². The molecule has 0 saturated heterocycles. The maximum absolute atomic E-state index is 12.6. The van der Waals surface area contributed by atoms with Crippen LogP contribution < -0.4 is 10.1 Å². The molecule has 136 valence electrons. The quantitative estimate of drug-likeness (QED) is 0.682. The molecule has 3 rings (SSSR count). The van der Waals surface area contributed by atoms with Crippen LogP contribution in [0.4, 0.5) is 0 Å². The maximum atomic E-state index is 12.6. The zero-order valence-electron chi connectivity index (χ0n) is 14.2. The monoisotopic (exact) mass is 375 g/mol. The van der Waals surface area contributed by atoms with E-state index < -0.39 is 15.9 Å². The van der Waals surface area contributed by atoms with Gasteiger partial charge in [0.1, 0.15) is 5.75 Å². The van der Waals surface area contributed by atoms with Gasteiger partial charge in [-0.25, -0.2) is 0 Å². The van der Waals surface area contributed by atoms with E-state index >= 15 is 0 Å². The van der Waals surface area contributed by atoms with E-state index in [0.717, 1.165) is 9.65 Å². The van der Waals surface area contributed by atoms with Gasteiger partial charge in [0.25, 0.3) is 15.9 Å². The number of amides is 1. The summed E-state index contributed by atoms with van der Waals surface area (Å²) in [5.41, 5.74) is 0.831. The van der Waals surface area contributed by atoms with Gasteiger partial charge in [-0.2, -0.15) is 22.7 Å². The Morgan fingerprint density at radius 3 is 2.58 bits per heavy atom. The Morgan fingerprint density at radius 2 is 1.96 bits per heavy atom. The fourth-order valence-electron chi connectivity index (χ4n) is 2.25. The van der Waals surface area contributed by atoms with Crippen LogP contribution in [-0.4, -0.2) is 40.4 Å². The van der Waals surface area contributed by atoms with E-state index in [9.17, 15) is 13.2 Å². The summed E-state index contributed by atoms with van der Waals surface area (Å²) in [6.45, 7) is 0.269. The van der Waals surface area contributed by atoms with E-state index in [0.29, 0.717) is 5.75 Å². The number of nitrogens with one attached hydrogen (secondary N) is 1. The molecule has 0 spiro atoms. The molecule has 1 N–H and O–H groups in total. The first-order chi connectivity index (χ1) is 12.4. The van der Waals surface area contributed by atoms with E-state index in [1.165, 1.54) is 43.6 Å². The number of carbonyl (C=O) groups is 1. The van der Waals surface area contributed by atoms with Crippen molar-refractivity contribution in [2.45, 2.75) is 11.4 Å². The SMILES string of the molecule is COc1ccc(S(=O)(=O)n2ccc(C(=O)NCc3cnn(C)c3)n2)cc1. The second-order valence-corrected chi connectivity index (χ2v) is 7.25. The number of benzene rings is 1. The van der Waals surface area contributed by atoms with Gasteiger partial charge in [-0.15, -0.1) is 0 Å². The zero-order valence-corrected chi connectivity index (χ0v) is 15.0. The third kappa shape index (κ3) is 3.59. The summed E-state index contributed by atoms with van der Waals surface area (Å²) in [6.07, 6.45) is 4.64. The van der Waals surface area contributed by atoms with Gasteiger partial charge in [-0.05, 0) is 30.3 Å². The van der Waals surface area contributed by atoms with Gasteiger partial charge in [-0.1, -0.05) is 0 Å². The number of carbonyl (C=O) groups excluding carboxylic acids is 1. The van der Waals surface area contributed by atoms with Gasteiger partial charge in [0, 0.05) is 31.5 Å². The number of aromatic nitrogens is 4. The molecule has 2 heterocycles. The summed E-state index contributed by atoms with van der Waals surface area (Å²) in [4.78, 5) is 12.2. The van der Waals surface area contributed by atoms with E-state index in [2.05, 4.69) is 15.5 Å². The lowest BCUT2D eigenvalue weighted by molar-refractivity contribution is 0.0945. The average Bonchev–Trinajstić information content (AvgIpc) is 3.29. The highest BCUT2D eigenvalue weighted by Gasteiger charge is 2.20. The Balaban J connectivity index is 1.74. The Morgan fingerprint density at radius 1 is 1.23 bits per heavy atom. The minimum Gasteiger partial charge on any atom is -0.497 e. The number of ether oxygens (including phenoxy) is 1. The summed E-state index contributed by atoms with van der Waals surface area (Å²) >= 11 is 0. The van der Waals surface area contributed by atoms with Gasteiger partial charge in [-0.3, -0.25) is 9.48 Å². The second kappa shape index (κ2) is 7.00. The van der Waals surface area contributed by atoms with Crippen LogP contribution in [0.15, 0.2) is 53.8 Å². The van der Waals surface area contributed by atoms with Crippen molar-refractivity contribution in [3.05, 3.63) is 60.2 Å². The van der Waals surface area contributed by atoms with Crippen molar-refractivity contribution in [2.24, 2.45) is 7.05 Å². The molecule has 26 heavy (non-hydrogen) atoms. The lowest BCUT2D eigenvalue weighted by Gasteiger charge is -2.05. The molecule has 1 amide bonds. The van der Waals surface area contributed by atoms with Gasteiger partial charge in [0.05, 0.1) is 18.2 Å². The van der Waals surface area contributed by atoms with Crippen molar-refractivity contribution in [1.29, 1.82) is 0 Å². The first-order valence-corrected chi connectivity index (χ1v) is 9.05. The highest BCUT2D eigenvalue weighted by molar-refractivity contribution is 7.89. The second-order valence-electron chi connectivity index (χ2n) is 5.46. The normalized spacial score (nSPS) is 11.3. The van der Waals surface area contributed by atoms with Crippen LogP contribution in [0.25, 0.3) is 0 Å².